The fraction of sp³-hybridized carbons (Fsp3) is 0.455. The van der Waals surface area contributed by atoms with Crippen LogP contribution in [-0.4, -0.2) is 16.8 Å². The maximum atomic E-state index is 11.8. The van der Waals surface area contributed by atoms with Crippen LogP contribution in [-0.2, 0) is 6.42 Å². The monoisotopic (exact) mass is 483 g/mol. The molecule has 36 heavy (non-hydrogen) atoms. The van der Waals surface area contributed by atoms with Crippen LogP contribution < -0.4 is 5.32 Å². The lowest BCUT2D eigenvalue weighted by molar-refractivity contribution is 0.360. The van der Waals surface area contributed by atoms with Crippen LogP contribution in [0.1, 0.15) is 105 Å². The molecule has 0 aliphatic heterocycles. The number of phenols is 2. The zero-order chi connectivity index (χ0) is 25.1. The molecule has 1 unspecified atom stereocenters. The van der Waals surface area contributed by atoms with E-state index >= 15 is 0 Å². The summed E-state index contributed by atoms with van der Waals surface area (Å²) in [4.78, 5) is 0. The van der Waals surface area contributed by atoms with Gasteiger partial charge in [-0.05, 0) is 79.4 Å². The van der Waals surface area contributed by atoms with Gasteiger partial charge in [-0.3, -0.25) is 0 Å². The summed E-state index contributed by atoms with van der Waals surface area (Å²) in [7, 11) is 0. The van der Waals surface area contributed by atoms with Crippen molar-refractivity contribution in [3.8, 4) is 22.6 Å². The molecule has 0 radical (unpaired) electrons. The van der Waals surface area contributed by atoms with E-state index in [-0.39, 0.29) is 5.92 Å². The number of benzene rings is 3. The van der Waals surface area contributed by atoms with Gasteiger partial charge in [0.25, 0.3) is 0 Å². The second-order valence-electron chi connectivity index (χ2n) is 10.9. The Hall–Kier alpha value is -2.94. The van der Waals surface area contributed by atoms with Crippen molar-refractivity contribution in [3.63, 3.8) is 0 Å². The van der Waals surface area contributed by atoms with Gasteiger partial charge in [-0.25, -0.2) is 0 Å². The third kappa shape index (κ3) is 4.73. The molecule has 0 saturated heterocycles. The smallest absolute Gasteiger partial charge is 0.143 e. The standard InChI is InChI=1S/C33H41NO2/c1-3-20-34-31-30(27-14-9-15-27)32(35)29(26-12-8-13-26)28(33(31)36)23(4-2)21-22-16-18-25(19-17-22)24-10-6-5-7-11-24/h5-7,10-11,16-19,23,26-27,34-36H,3-4,8-9,12-15,20-21H2,1-2H3. The normalized spacial score (nSPS) is 16.8. The Morgan fingerprint density at radius 2 is 1.39 bits per heavy atom. The van der Waals surface area contributed by atoms with Crippen LogP contribution in [0, 0.1) is 0 Å². The maximum Gasteiger partial charge on any atom is 0.143 e. The Bertz CT molecular complexity index is 1160. The average molecular weight is 484 g/mol. The van der Waals surface area contributed by atoms with Crippen molar-refractivity contribution >= 4 is 5.69 Å². The maximum absolute atomic E-state index is 11.8. The summed E-state index contributed by atoms with van der Waals surface area (Å²) in [6, 6.07) is 19.3. The van der Waals surface area contributed by atoms with E-state index < -0.39 is 0 Å². The van der Waals surface area contributed by atoms with E-state index in [0.29, 0.717) is 23.3 Å². The van der Waals surface area contributed by atoms with Gasteiger partial charge in [0.15, 0.2) is 0 Å². The summed E-state index contributed by atoms with van der Waals surface area (Å²) in [6.45, 7) is 5.15. The summed E-state index contributed by atoms with van der Waals surface area (Å²) < 4.78 is 0. The Morgan fingerprint density at radius 1 is 0.778 bits per heavy atom. The molecule has 0 amide bonds. The molecule has 190 valence electrons. The zero-order valence-corrected chi connectivity index (χ0v) is 21.9. The molecule has 1 atom stereocenters. The summed E-state index contributed by atoms with van der Waals surface area (Å²) in [6.07, 6.45) is 9.57. The first-order valence-electron chi connectivity index (χ1n) is 14.1. The lowest BCUT2D eigenvalue weighted by Crippen LogP contribution is -2.20. The number of hydrogen-bond acceptors (Lipinski definition) is 3. The Labute approximate surface area is 216 Å². The highest BCUT2D eigenvalue weighted by molar-refractivity contribution is 5.74. The highest BCUT2D eigenvalue weighted by atomic mass is 16.3. The first kappa shape index (κ1) is 24.7. The minimum Gasteiger partial charge on any atom is -0.507 e. The first-order valence-corrected chi connectivity index (χ1v) is 14.1. The lowest BCUT2D eigenvalue weighted by atomic mass is 9.70. The first-order chi connectivity index (χ1) is 17.6. The largest absolute Gasteiger partial charge is 0.507 e. The van der Waals surface area contributed by atoms with Crippen LogP contribution in [0.25, 0.3) is 11.1 Å². The molecule has 3 heteroatoms. The van der Waals surface area contributed by atoms with Gasteiger partial charge >= 0.3 is 0 Å². The molecule has 2 aliphatic rings. The molecule has 0 spiro atoms. The van der Waals surface area contributed by atoms with E-state index in [0.717, 1.165) is 73.9 Å². The van der Waals surface area contributed by atoms with Crippen molar-refractivity contribution < 1.29 is 10.2 Å². The van der Waals surface area contributed by atoms with Gasteiger partial charge in [0.2, 0.25) is 0 Å². The van der Waals surface area contributed by atoms with Gasteiger partial charge in [0.05, 0.1) is 5.69 Å². The van der Waals surface area contributed by atoms with Gasteiger partial charge in [-0.2, -0.15) is 0 Å². The highest BCUT2D eigenvalue weighted by Crippen LogP contribution is 2.56. The Balaban J connectivity index is 1.53. The molecule has 0 heterocycles. The third-order valence-electron chi connectivity index (χ3n) is 8.58. The van der Waals surface area contributed by atoms with Crippen molar-refractivity contribution in [2.75, 3.05) is 11.9 Å². The second kappa shape index (κ2) is 11.0. The van der Waals surface area contributed by atoms with Crippen LogP contribution in [0.15, 0.2) is 54.6 Å². The number of anilines is 1. The molecule has 2 fully saturated rings. The van der Waals surface area contributed by atoms with Crippen molar-refractivity contribution in [1.29, 1.82) is 0 Å². The van der Waals surface area contributed by atoms with Crippen molar-refractivity contribution in [3.05, 3.63) is 76.9 Å². The van der Waals surface area contributed by atoms with Gasteiger partial charge in [0, 0.05) is 23.2 Å². The fourth-order valence-corrected chi connectivity index (χ4v) is 6.03. The van der Waals surface area contributed by atoms with Crippen LogP contribution in [0.4, 0.5) is 5.69 Å². The topological polar surface area (TPSA) is 52.5 Å². The van der Waals surface area contributed by atoms with Crippen LogP contribution in [0.3, 0.4) is 0 Å². The molecular weight excluding hydrogens is 442 g/mol. The summed E-state index contributed by atoms with van der Waals surface area (Å²) >= 11 is 0. The molecule has 0 aromatic heterocycles. The van der Waals surface area contributed by atoms with E-state index in [2.05, 4.69) is 67.7 Å². The van der Waals surface area contributed by atoms with E-state index in [1.807, 2.05) is 6.07 Å². The summed E-state index contributed by atoms with van der Waals surface area (Å²) in [5.41, 5.74) is 7.55. The Kier molecular flexibility index (Phi) is 7.55. The molecular formula is C33H41NO2. The number of rotatable bonds is 10. The van der Waals surface area contributed by atoms with Crippen LogP contribution in [0.5, 0.6) is 11.5 Å². The average Bonchev–Trinajstić information content (AvgIpc) is 2.84. The molecule has 2 saturated carbocycles. The minimum atomic E-state index is 0.159. The number of phenolic OH excluding ortho intramolecular Hbond substituents is 2. The van der Waals surface area contributed by atoms with Crippen molar-refractivity contribution in [1.82, 2.24) is 0 Å². The van der Waals surface area contributed by atoms with Crippen LogP contribution in [0.2, 0.25) is 0 Å². The SMILES string of the molecule is CCCNc1c(O)c(C(CC)Cc2ccc(-c3ccccc3)cc2)c(C2CCC2)c(O)c1C1CCC1. The van der Waals surface area contributed by atoms with E-state index in [9.17, 15) is 10.2 Å². The van der Waals surface area contributed by atoms with Crippen LogP contribution >= 0.6 is 0 Å². The van der Waals surface area contributed by atoms with Crippen molar-refractivity contribution in [2.24, 2.45) is 0 Å². The van der Waals surface area contributed by atoms with Crippen molar-refractivity contribution in [2.45, 2.75) is 89.4 Å². The Morgan fingerprint density at radius 3 is 1.94 bits per heavy atom. The number of aromatic hydroxyl groups is 2. The minimum absolute atomic E-state index is 0.159. The molecule has 5 rings (SSSR count). The number of nitrogens with one attached hydrogen (secondary N) is 1. The van der Waals surface area contributed by atoms with Gasteiger partial charge in [0.1, 0.15) is 11.5 Å². The molecule has 3 aromatic carbocycles. The molecule has 2 aliphatic carbocycles. The van der Waals surface area contributed by atoms with E-state index in [1.165, 1.54) is 29.5 Å². The van der Waals surface area contributed by atoms with Gasteiger partial charge < -0.3 is 15.5 Å². The molecule has 3 N–H and O–H groups in total. The molecule has 3 aromatic rings. The quantitative estimate of drug-likeness (QED) is 0.199. The fourth-order valence-electron chi connectivity index (χ4n) is 6.03. The van der Waals surface area contributed by atoms with E-state index in [1.54, 1.807) is 0 Å². The predicted octanol–water partition coefficient (Wildman–Crippen LogP) is 8.86. The third-order valence-corrected chi connectivity index (χ3v) is 8.58. The summed E-state index contributed by atoms with van der Waals surface area (Å²) in [5.74, 6) is 1.76. The summed E-state index contributed by atoms with van der Waals surface area (Å²) in [5, 5.41) is 27.1. The lowest BCUT2D eigenvalue weighted by Gasteiger charge is -2.37. The van der Waals surface area contributed by atoms with Gasteiger partial charge in [-0.1, -0.05) is 81.3 Å². The second-order valence-corrected chi connectivity index (χ2v) is 10.9. The number of hydrogen-bond donors (Lipinski definition) is 3. The molecule has 0 bridgehead atoms. The predicted molar refractivity (Wildman–Crippen MR) is 150 cm³/mol. The molecule has 3 nitrogen and oxygen atoms in total. The van der Waals surface area contributed by atoms with E-state index in [4.69, 9.17) is 0 Å². The zero-order valence-electron chi connectivity index (χ0n) is 21.9. The van der Waals surface area contributed by atoms with Gasteiger partial charge in [-0.15, -0.1) is 0 Å². The highest BCUT2D eigenvalue weighted by Gasteiger charge is 2.37.